The van der Waals surface area contributed by atoms with Crippen LogP contribution in [0.5, 0.6) is 0 Å². The minimum atomic E-state index is -5.53. The number of quaternary nitrogens is 1. The van der Waals surface area contributed by atoms with Crippen LogP contribution in [-0.4, -0.2) is 157 Å². The zero-order chi connectivity index (χ0) is 69.8. The normalized spacial score (nSPS) is 16.2. The lowest BCUT2D eigenvalue weighted by atomic mass is 9.97. The molecule has 10 N–H and O–H groups in total. The first-order valence-electron chi connectivity index (χ1n) is 31.0. The summed E-state index contributed by atoms with van der Waals surface area (Å²) in [6, 6.07) is 15.9. The van der Waals surface area contributed by atoms with Gasteiger partial charge in [0.05, 0.1) is 45.2 Å². The van der Waals surface area contributed by atoms with Crippen LogP contribution in [0.2, 0.25) is 0 Å². The second-order valence-electron chi connectivity index (χ2n) is 23.0. The molecule has 11 atom stereocenters. The summed E-state index contributed by atoms with van der Waals surface area (Å²) in [5, 5.41) is 26.7. The van der Waals surface area contributed by atoms with Crippen LogP contribution >= 0.6 is 30.2 Å². The number of alkyl carbamates (subject to hydrolysis) is 2. The van der Waals surface area contributed by atoms with Gasteiger partial charge in [0.25, 0.3) is 0 Å². The van der Waals surface area contributed by atoms with E-state index in [1.54, 1.807) is 57.6 Å². The molecular weight excluding hydrogens is 1280 g/mol. The van der Waals surface area contributed by atoms with Crippen LogP contribution in [0.3, 0.4) is 0 Å². The SMILES string of the molecule is CCOP(C)(=O)C(NC(=O)CCCN(C)/N=C/[C@@H](CC(C)C)NC(=O)[C@@H](NC(=O)OCc1ccccc1)[C@@H](C)CC)P(=O)(OCC)OCC.CC[C@H](C)[C@H](NC(=O)OCc1ccccc1)C(=O)N[C@@H](/C=N/[NH+](C)CCCC(=O)NC(P(=O)([O-])O)P(=O)(O)O)CC(C)C. The van der Waals surface area contributed by atoms with Crippen molar-refractivity contribution >= 4 is 78.4 Å². The van der Waals surface area contributed by atoms with Gasteiger partial charge in [-0.15, -0.1) is 0 Å². The minimum Gasteiger partial charge on any atom is -0.777 e. The van der Waals surface area contributed by atoms with E-state index in [-0.39, 0.29) is 88.4 Å². The van der Waals surface area contributed by atoms with Gasteiger partial charge in [-0.2, -0.15) is 5.10 Å². The van der Waals surface area contributed by atoms with Crippen LogP contribution in [0.4, 0.5) is 9.59 Å². The van der Waals surface area contributed by atoms with Crippen molar-refractivity contribution in [3.8, 4) is 0 Å². The Hall–Kier alpha value is -5.40. The van der Waals surface area contributed by atoms with Crippen LogP contribution in [0, 0.1) is 23.7 Å². The highest BCUT2D eigenvalue weighted by Gasteiger charge is 2.48. The van der Waals surface area contributed by atoms with Crippen LogP contribution in [-0.2, 0) is 73.7 Å². The van der Waals surface area contributed by atoms with Gasteiger partial charge in [0.15, 0.2) is 13.1 Å². The monoisotopic (exact) mass is 1380 g/mol. The fraction of sp³-hybridized carbons (Fsp3) is 0.661. The van der Waals surface area contributed by atoms with Crippen LogP contribution in [0.1, 0.15) is 139 Å². The van der Waals surface area contributed by atoms with Crippen molar-refractivity contribution in [2.45, 2.75) is 176 Å². The number of hydrogen-bond acceptors (Lipinski definition) is 19. The molecular formula is C59H104N10O19P4. The number of benzene rings is 2. The molecule has 0 saturated heterocycles. The Bertz CT molecular complexity index is 2770. The second-order valence-corrected chi connectivity index (χ2v) is 31.8. The van der Waals surface area contributed by atoms with E-state index >= 15 is 0 Å². The molecule has 2 aromatic carbocycles. The first-order chi connectivity index (χ1) is 43.0. The predicted octanol–water partition coefficient (Wildman–Crippen LogP) is 6.43. The van der Waals surface area contributed by atoms with Gasteiger partial charge in [0.1, 0.15) is 31.8 Å². The van der Waals surface area contributed by atoms with Crippen molar-refractivity contribution in [2.75, 3.05) is 53.7 Å². The van der Waals surface area contributed by atoms with E-state index < -0.39 is 95.3 Å². The van der Waals surface area contributed by atoms with Crippen molar-refractivity contribution in [1.82, 2.24) is 36.9 Å². The molecule has 0 aliphatic heterocycles. The molecule has 6 amide bonds. The van der Waals surface area contributed by atoms with Crippen molar-refractivity contribution in [3.05, 3.63) is 71.8 Å². The van der Waals surface area contributed by atoms with Gasteiger partial charge < -0.3 is 84.1 Å². The highest BCUT2D eigenvalue weighted by Crippen LogP contribution is 2.67. The van der Waals surface area contributed by atoms with Gasteiger partial charge in [-0.05, 0) is 74.8 Å². The topological polar surface area (TPSA) is 405 Å². The smallest absolute Gasteiger partial charge is 0.408 e. The van der Waals surface area contributed by atoms with Gasteiger partial charge in [-0.1, -0.05) is 134 Å². The lowest BCUT2D eigenvalue weighted by Gasteiger charge is -2.30. The van der Waals surface area contributed by atoms with Crippen LogP contribution < -0.4 is 41.8 Å². The molecule has 2 aromatic rings. The number of amides is 6. The quantitative estimate of drug-likeness (QED) is 0.0194. The van der Waals surface area contributed by atoms with E-state index in [1.165, 1.54) is 6.66 Å². The Morgan fingerprint density at radius 2 is 1.02 bits per heavy atom. The van der Waals surface area contributed by atoms with Crippen LogP contribution in [0.15, 0.2) is 70.9 Å². The van der Waals surface area contributed by atoms with Crippen LogP contribution in [0.25, 0.3) is 0 Å². The Balaban J connectivity index is 0.000000928. The molecule has 0 saturated carbocycles. The van der Waals surface area contributed by atoms with Gasteiger partial charge in [0, 0.05) is 45.7 Å². The average Bonchev–Trinajstić information content (AvgIpc) is 0.807. The zero-order valence-electron chi connectivity index (χ0n) is 55.8. The minimum absolute atomic E-state index is 0.0233. The largest absolute Gasteiger partial charge is 0.777 e. The number of ether oxygens (including phenoxy) is 2. The van der Waals surface area contributed by atoms with E-state index in [9.17, 15) is 51.9 Å². The number of carbonyl (C=O) groups excluding carboxylic acids is 6. The lowest BCUT2D eigenvalue weighted by Crippen LogP contribution is -3.04. The van der Waals surface area contributed by atoms with Gasteiger partial charge in [-0.25, -0.2) is 14.6 Å². The van der Waals surface area contributed by atoms with E-state index in [2.05, 4.69) is 36.8 Å². The third kappa shape index (κ3) is 34.7. The van der Waals surface area contributed by atoms with Gasteiger partial charge in [0.2, 0.25) is 36.5 Å². The van der Waals surface area contributed by atoms with E-state index in [0.717, 1.165) is 11.1 Å². The predicted molar refractivity (Wildman–Crippen MR) is 350 cm³/mol. The molecule has 0 bridgehead atoms. The molecule has 0 aliphatic rings. The maximum Gasteiger partial charge on any atom is 0.408 e. The lowest BCUT2D eigenvalue weighted by molar-refractivity contribution is -0.886. The Kier molecular flexibility index (Phi) is 40.1. The molecule has 0 spiro atoms. The van der Waals surface area contributed by atoms with Gasteiger partial charge in [-0.3, -0.25) is 32.9 Å². The molecule has 2 rings (SSSR count). The third-order valence-electron chi connectivity index (χ3n) is 13.8. The molecule has 0 heterocycles. The number of hydrazone groups is 1. The summed E-state index contributed by atoms with van der Waals surface area (Å²) in [5.74, 6) is -2.10. The summed E-state index contributed by atoms with van der Waals surface area (Å²) in [6.07, 6.45) is 4.55. The van der Waals surface area contributed by atoms with Gasteiger partial charge >= 0.3 is 27.4 Å². The average molecular weight is 1380 g/mol. The third-order valence-corrected chi connectivity index (χ3v) is 22.9. The maximum absolute atomic E-state index is 13.5. The summed E-state index contributed by atoms with van der Waals surface area (Å²) in [5.41, 5.74) is -2.50. The molecule has 5 unspecified atom stereocenters. The summed E-state index contributed by atoms with van der Waals surface area (Å²) < 4.78 is 76.1. The second kappa shape index (κ2) is 43.6. The molecule has 33 heteroatoms. The standard InChI is InChI=1S/C33H59N5O9P2.C26H45N5O10P2/c1-10-26(7)30(37-32(41)44-24-27-18-15-14-16-19-27)31(40)35-28(22-25(5)6)23-34-38(8)21-17-20-29(39)36-33(48(9,42)45-11-2)49(43,46-12-3)47-13-4;1-6-19(4)23(30-25(34)41-17-20-11-8-7-9-12-20)24(33)28-21(15-18(2)3)16-27-31(5)14-10-13-22(32)29-26(42(35,36)37)43(38,39)40/h14-16,18-19,23,25-26,28,30,33H,10-13,17,20-22,24H2,1-9H3,(H,35,40)(H,36,39)(H,37,41);7-9,11-12,16,18-19,21,23,26H,6,10,13-15,17H2,1-5H3,(H,28,33)(H,29,32)(H,30,34)(H2,35,36,37)(H2,38,39,40)/b34-23+;27-16+/t26-,28+,30-,33?,48?;19-,21+,23-/m00/s1. The molecule has 0 aliphatic carbocycles. The number of hydrogen-bond donors (Lipinski definition) is 10. The number of nitrogens with one attached hydrogen (secondary N) is 7. The van der Waals surface area contributed by atoms with Crippen molar-refractivity contribution in [2.24, 2.45) is 33.9 Å². The Morgan fingerprint density at radius 3 is 1.41 bits per heavy atom. The maximum atomic E-state index is 13.5. The summed E-state index contributed by atoms with van der Waals surface area (Å²) in [7, 11) is -15.0. The van der Waals surface area contributed by atoms with E-state index in [1.807, 2.05) is 116 Å². The molecule has 524 valence electrons. The molecule has 29 nitrogen and oxygen atoms in total. The Labute approximate surface area is 543 Å². The summed E-state index contributed by atoms with van der Waals surface area (Å²) >= 11 is 0. The highest BCUT2D eigenvalue weighted by atomic mass is 31.2. The number of carbonyl (C=O) groups is 6. The first-order valence-corrected chi connectivity index (χ1v) is 38.1. The van der Waals surface area contributed by atoms with E-state index in [0.29, 0.717) is 43.7 Å². The van der Waals surface area contributed by atoms with Crippen molar-refractivity contribution < 1.29 is 94.7 Å². The van der Waals surface area contributed by atoms with Crippen molar-refractivity contribution in [1.29, 1.82) is 0 Å². The number of nitrogens with zero attached hydrogens (tertiary/aromatic N) is 3. The van der Waals surface area contributed by atoms with E-state index in [4.69, 9.17) is 37.7 Å². The fourth-order valence-corrected chi connectivity index (χ4v) is 15.9. The molecule has 0 aromatic heterocycles. The number of rotatable bonds is 42. The molecule has 92 heavy (non-hydrogen) atoms. The summed E-state index contributed by atoms with van der Waals surface area (Å²) in [6.45, 7) is 22.8. The highest BCUT2D eigenvalue weighted by molar-refractivity contribution is 7.74. The fourth-order valence-electron chi connectivity index (χ4n) is 8.68. The molecule has 0 radical (unpaired) electrons. The Morgan fingerprint density at radius 1 is 0.609 bits per heavy atom. The molecule has 0 fully saturated rings. The zero-order valence-corrected chi connectivity index (χ0v) is 59.4. The van der Waals surface area contributed by atoms with Crippen molar-refractivity contribution in [3.63, 3.8) is 0 Å². The summed E-state index contributed by atoms with van der Waals surface area (Å²) in [4.78, 5) is 115. The first kappa shape index (κ1) is 84.6.